The van der Waals surface area contributed by atoms with Crippen molar-refractivity contribution in [1.82, 2.24) is 15.5 Å². The van der Waals surface area contributed by atoms with Gasteiger partial charge in [0, 0.05) is 43.3 Å². The summed E-state index contributed by atoms with van der Waals surface area (Å²) >= 11 is 0. The normalized spacial score (nSPS) is 27.7. The first-order valence-electron chi connectivity index (χ1n) is 9.67. The van der Waals surface area contributed by atoms with Crippen LogP contribution < -0.4 is 15.5 Å². The van der Waals surface area contributed by atoms with Crippen LogP contribution in [0.4, 0.5) is 5.69 Å². The lowest BCUT2D eigenvalue weighted by molar-refractivity contribution is -0.136. The lowest BCUT2D eigenvalue weighted by Crippen LogP contribution is -2.52. The van der Waals surface area contributed by atoms with Crippen LogP contribution in [0, 0.1) is 0 Å². The van der Waals surface area contributed by atoms with E-state index in [1.165, 1.54) is 12.8 Å². The summed E-state index contributed by atoms with van der Waals surface area (Å²) in [4.78, 5) is 40.2. The maximum absolute atomic E-state index is 12.8. The van der Waals surface area contributed by atoms with Gasteiger partial charge < -0.3 is 15.1 Å². The lowest BCUT2D eigenvalue weighted by atomic mass is 10.0. The van der Waals surface area contributed by atoms with Crippen molar-refractivity contribution >= 4 is 23.4 Å². The molecule has 144 valence electrons. The van der Waals surface area contributed by atoms with Crippen LogP contribution in [-0.2, 0) is 16.1 Å². The molecule has 3 atom stereocenters. The van der Waals surface area contributed by atoms with E-state index in [0.717, 1.165) is 17.7 Å². The minimum atomic E-state index is -0.563. The van der Waals surface area contributed by atoms with Crippen molar-refractivity contribution in [2.75, 3.05) is 19.0 Å². The second-order valence-corrected chi connectivity index (χ2v) is 7.75. The van der Waals surface area contributed by atoms with Gasteiger partial charge in [-0.25, -0.2) is 0 Å². The van der Waals surface area contributed by atoms with Gasteiger partial charge in [0.25, 0.3) is 5.91 Å². The molecular formula is C20H26N4O3. The Morgan fingerprint density at radius 3 is 2.74 bits per heavy atom. The molecule has 27 heavy (non-hydrogen) atoms. The van der Waals surface area contributed by atoms with E-state index in [0.29, 0.717) is 30.6 Å². The van der Waals surface area contributed by atoms with E-state index in [1.807, 2.05) is 19.2 Å². The number of benzene rings is 1. The highest BCUT2D eigenvalue weighted by atomic mass is 16.2. The molecule has 1 aromatic carbocycles. The Kier molecular flexibility index (Phi) is 4.63. The van der Waals surface area contributed by atoms with Crippen LogP contribution in [0.15, 0.2) is 18.2 Å². The van der Waals surface area contributed by atoms with Gasteiger partial charge in [0.15, 0.2) is 0 Å². The highest BCUT2D eigenvalue weighted by molar-refractivity contribution is 6.05. The number of fused-ring (bicyclic) bond motifs is 1. The molecule has 0 aromatic heterocycles. The van der Waals surface area contributed by atoms with Crippen molar-refractivity contribution in [2.24, 2.45) is 0 Å². The minimum absolute atomic E-state index is 0.123. The lowest BCUT2D eigenvalue weighted by Gasteiger charge is -2.31. The van der Waals surface area contributed by atoms with Crippen LogP contribution in [0.25, 0.3) is 0 Å². The first kappa shape index (κ1) is 18.0. The Morgan fingerprint density at radius 2 is 2.00 bits per heavy atom. The second kappa shape index (κ2) is 6.96. The van der Waals surface area contributed by atoms with Gasteiger partial charge >= 0.3 is 0 Å². The highest BCUT2D eigenvalue weighted by Gasteiger charge is 2.39. The van der Waals surface area contributed by atoms with E-state index >= 15 is 0 Å². The predicted octanol–water partition coefficient (Wildman–Crippen LogP) is 1.02. The zero-order chi connectivity index (χ0) is 19.1. The number of hydrogen-bond donors (Lipinski definition) is 2. The summed E-state index contributed by atoms with van der Waals surface area (Å²) in [5.41, 5.74) is 2.71. The molecule has 3 aliphatic rings. The number of piperidine rings is 1. The van der Waals surface area contributed by atoms with Crippen LogP contribution in [0.3, 0.4) is 0 Å². The molecule has 0 spiro atoms. The fourth-order valence-corrected chi connectivity index (χ4v) is 4.71. The van der Waals surface area contributed by atoms with Gasteiger partial charge in [0.1, 0.15) is 6.04 Å². The first-order valence-corrected chi connectivity index (χ1v) is 9.67. The van der Waals surface area contributed by atoms with Gasteiger partial charge in [-0.05, 0) is 56.5 Å². The van der Waals surface area contributed by atoms with Crippen LogP contribution in [0.2, 0.25) is 0 Å². The number of amides is 3. The Bertz CT molecular complexity index is 793. The van der Waals surface area contributed by atoms with Crippen molar-refractivity contribution in [3.05, 3.63) is 29.3 Å². The monoisotopic (exact) mass is 370 g/mol. The summed E-state index contributed by atoms with van der Waals surface area (Å²) in [6, 6.07) is 6.30. The van der Waals surface area contributed by atoms with E-state index in [9.17, 15) is 14.4 Å². The van der Waals surface area contributed by atoms with Crippen LogP contribution >= 0.6 is 0 Å². The number of nitrogens with one attached hydrogen (secondary N) is 2. The number of carbonyl (C=O) groups excluding carboxylic acids is 3. The third-order valence-corrected chi connectivity index (χ3v) is 6.26. The molecule has 4 rings (SSSR count). The van der Waals surface area contributed by atoms with Crippen molar-refractivity contribution in [3.63, 3.8) is 0 Å². The molecule has 2 aliphatic heterocycles. The maximum atomic E-state index is 12.8. The Balaban J connectivity index is 1.54. The van der Waals surface area contributed by atoms with Gasteiger partial charge in [-0.2, -0.15) is 0 Å². The van der Waals surface area contributed by atoms with Gasteiger partial charge in [0.2, 0.25) is 11.8 Å². The average Bonchev–Trinajstić information content (AvgIpc) is 3.25. The van der Waals surface area contributed by atoms with E-state index in [-0.39, 0.29) is 24.1 Å². The molecule has 1 unspecified atom stereocenters. The van der Waals surface area contributed by atoms with E-state index < -0.39 is 6.04 Å². The fourth-order valence-electron chi connectivity index (χ4n) is 4.71. The summed E-state index contributed by atoms with van der Waals surface area (Å²) < 4.78 is 0. The number of nitrogens with zero attached hydrogens (tertiary/aromatic N) is 2. The summed E-state index contributed by atoms with van der Waals surface area (Å²) in [6.45, 7) is 0.419. The molecule has 7 nitrogen and oxygen atoms in total. The molecule has 3 amide bonds. The van der Waals surface area contributed by atoms with Gasteiger partial charge in [-0.1, -0.05) is 0 Å². The number of anilines is 1. The average molecular weight is 370 g/mol. The van der Waals surface area contributed by atoms with Gasteiger partial charge in [-0.15, -0.1) is 0 Å². The quantitative estimate of drug-likeness (QED) is 0.774. The highest BCUT2D eigenvalue weighted by Crippen LogP contribution is 2.33. The van der Waals surface area contributed by atoms with Gasteiger partial charge in [-0.3, -0.25) is 19.7 Å². The molecular weight excluding hydrogens is 344 g/mol. The summed E-state index contributed by atoms with van der Waals surface area (Å²) in [5, 5.41) is 5.75. The number of imide groups is 1. The zero-order valence-electron chi connectivity index (χ0n) is 15.8. The predicted molar refractivity (Wildman–Crippen MR) is 101 cm³/mol. The topological polar surface area (TPSA) is 81.8 Å². The summed E-state index contributed by atoms with van der Waals surface area (Å²) in [6.07, 6.45) is 4.21. The van der Waals surface area contributed by atoms with E-state index in [1.54, 1.807) is 4.90 Å². The van der Waals surface area contributed by atoms with E-state index in [2.05, 4.69) is 28.6 Å². The van der Waals surface area contributed by atoms with E-state index in [4.69, 9.17) is 0 Å². The zero-order valence-corrected chi connectivity index (χ0v) is 15.8. The number of rotatable bonds is 4. The van der Waals surface area contributed by atoms with Crippen LogP contribution in [-0.4, -0.2) is 54.8 Å². The molecule has 2 N–H and O–H groups in total. The van der Waals surface area contributed by atoms with Crippen molar-refractivity contribution in [1.29, 1.82) is 0 Å². The van der Waals surface area contributed by atoms with Crippen molar-refractivity contribution in [3.8, 4) is 0 Å². The van der Waals surface area contributed by atoms with Crippen LogP contribution in [0.1, 0.15) is 48.0 Å². The molecule has 1 saturated carbocycles. The molecule has 2 heterocycles. The maximum Gasteiger partial charge on any atom is 0.255 e. The van der Waals surface area contributed by atoms with Crippen molar-refractivity contribution < 1.29 is 14.4 Å². The first-order chi connectivity index (χ1) is 13.0. The molecule has 0 bridgehead atoms. The molecule has 1 aromatic rings. The molecule has 0 radical (unpaired) electrons. The van der Waals surface area contributed by atoms with Gasteiger partial charge in [0.05, 0.1) is 0 Å². The third-order valence-electron chi connectivity index (χ3n) is 6.26. The van der Waals surface area contributed by atoms with Crippen LogP contribution in [0.5, 0.6) is 0 Å². The largest absolute Gasteiger partial charge is 0.370 e. The molecule has 2 fully saturated rings. The third kappa shape index (κ3) is 3.10. The second-order valence-electron chi connectivity index (χ2n) is 7.75. The smallest absolute Gasteiger partial charge is 0.255 e. The summed E-state index contributed by atoms with van der Waals surface area (Å²) in [7, 11) is 4.12. The molecule has 7 heteroatoms. The Labute approximate surface area is 159 Å². The SMILES string of the molecule is CN[C@H]1CCC[C@@H]1N(C)c1ccc2c(c1)CN(C1CCC(=O)NC1=O)C2=O. The standard InChI is InChI=1S/C20H26N4O3/c1-21-15-4-3-5-16(15)23(2)13-6-7-14-12(10-13)11-24(20(14)27)17-8-9-18(25)22-19(17)26/h6-7,10,15-17,21H,3-5,8-9,11H2,1-2H3,(H,22,25,26)/t15-,16-,17?/m0/s1. The minimum Gasteiger partial charge on any atom is -0.370 e. The fraction of sp³-hybridized carbons (Fsp3) is 0.550. The molecule has 1 saturated heterocycles. The Hall–Kier alpha value is -2.41. The van der Waals surface area contributed by atoms with Crippen molar-refractivity contribution in [2.45, 2.75) is 56.8 Å². The molecule has 1 aliphatic carbocycles. The number of carbonyl (C=O) groups is 3. The number of likely N-dealkylation sites (N-methyl/N-ethyl adjacent to an activating group) is 2. The Morgan fingerprint density at radius 1 is 1.19 bits per heavy atom. The number of hydrogen-bond acceptors (Lipinski definition) is 5. The summed E-state index contributed by atoms with van der Waals surface area (Å²) in [5.74, 6) is -0.754.